The number of rotatable bonds is 9. The van der Waals surface area contributed by atoms with E-state index in [1.807, 2.05) is 44.2 Å². The Labute approximate surface area is 188 Å². The lowest BCUT2D eigenvalue weighted by Gasteiger charge is -2.33. The molecule has 3 fully saturated rings. The van der Waals surface area contributed by atoms with Crippen molar-refractivity contribution in [2.75, 3.05) is 19.7 Å². The van der Waals surface area contributed by atoms with Crippen LogP contribution in [0.3, 0.4) is 0 Å². The third-order valence-corrected chi connectivity index (χ3v) is 7.41. The molecule has 174 valence electrons. The molecule has 3 aliphatic heterocycles. The number of carbonyl (C=O) groups is 3. The summed E-state index contributed by atoms with van der Waals surface area (Å²) in [6, 6.07) is 8.69. The number of aliphatic hydroxyl groups excluding tert-OH is 1. The quantitative estimate of drug-likeness (QED) is 0.527. The standard InChI is InChI=1S/C24H33N3O5/c1-3-12-25-20(29)17-18-22(31)27(13-14-28)19(24(18)11-10-23(17,4-2)32-24)21(30)26-15-16-8-6-5-7-9-16/h5-9,17-19,28H,3-4,10-15H2,1-2H3,(H,25,29)(H,26,30)/t17-,18-,19?,23+,24?/m0/s1. The van der Waals surface area contributed by atoms with Crippen molar-refractivity contribution in [3.05, 3.63) is 35.9 Å². The molecule has 8 heteroatoms. The summed E-state index contributed by atoms with van der Waals surface area (Å²) in [6.07, 6.45) is 2.57. The third kappa shape index (κ3) is 3.40. The molecule has 1 aromatic carbocycles. The minimum Gasteiger partial charge on any atom is -0.395 e. The molecule has 0 saturated carbocycles. The number of amides is 3. The van der Waals surface area contributed by atoms with Crippen molar-refractivity contribution in [1.82, 2.24) is 15.5 Å². The van der Waals surface area contributed by atoms with Gasteiger partial charge in [-0.05, 0) is 31.2 Å². The molecule has 3 N–H and O–H groups in total. The Morgan fingerprint density at radius 3 is 2.56 bits per heavy atom. The Bertz CT molecular complexity index is 878. The predicted molar refractivity (Wildman–Crippen MR) is 117 cm³/mol. The highest BCUT2D eigenvalue weighted by molar-refractivity contribution is 5.99. The number of carbonyl (C=O) groups excluding carboxylic acids is 3. The summed E-state index contributed by atoms with van der Waals surface area (Å²) in [6.45, 7) is 4.59. The lowest BCUT2D eigenvalue weighted by Crippen LogP contribution is -2.55. The smallest absolute Gasteiger partial charge is 0.246 e. The second-order valence-electron chi connectivity index (χ2n) is 9.08. The molecule has 4 rings (SSSR count). The first-order valence-electron chi connectivity index (χ1n) is 11.6. The summed E-state index contributed by atoms with van der Waals surface area (Å²) in [4.78, 5) is 41.6. The van der Waals surface area contributed by atoms with Crippen molar-refractivity contribution in [3.63, 3.8) is 0 Å². The molecule has 32 heavy (non-hydrogen) atoms. The van der Waals surface area contributed by atoms with Crippen molar-refractivity contribution in [2.45, 2.75) is 63.3 Å². The minimum atomic E-state index is -1.04. The molecule has 3 aliphatic rings. The van der Waals surface area contributed by atoms with Gasteiger partial charge in [0.15, 0.2) is 0 Å². The van der Waals surface area contributed by atoms with E-state index in [4.69, 9.17) is 4.74 Å². The fraction of sp³-hybridized carbons (Fsp3) is 0.625. The van der Waals surface area contributed by atoms with Crippen LogP contribution in [-0.4, -0.2) is 64.7 Å². The molecule has 0 aliphatic carbocycles. The molecular formula is C24H33N3O5. The summed E-state index contributed by atoms with van der Waals surface area (Å²) in [5, 5.41) is 15.5. The Balaban J connectivity index is 1.66. The first kappa shape index (κ1) is 22.7. The normalized spacial score (nSPS) is 32.8. The van der Waals surface area contributed by atoms with E-state index >= 15 is 0 Å². The molecule has 3 amide bonds. The number of hydrogen-bond acceptors (Lipinski definition) is 5. The summed E-state index contributed by atoms with van der Waals surface area (Å²) in [5.41, 5.74) is -0.829. The highest BCUT2D eigenvalue weighted by Gasteiger charge is 2.78. The minimum absolute atomic E-state index is 0.0340. The number of fused-ring (bicyclic) bond motifs is 1. The predicted octanol–water partition coefficient (Wildman–Crippen LogP) is 0.976. The fourth-order valence-corrected chi connectivity index (χ4v) is 6.00. The highest BCUT2D eigenvalue weighted by Crippen LogP contribution is 2.64. The summed E-state index contributed by atoms with van der Waals surface area (Å²) >= 11 is 0. The molecule has 2 bridgehead atoms. The molecule has 2 unspecified atom stereocenters. The number of β-amino-alcohol motifs (C(OH)–C–C–N with tert-alkyl or cyclic N) is 1. The maximum atomic E-state index is 13.6. The first-order valence-corrected chi connectivity index (χ1v) is 11.6. The zero-order chi connectivity index (χ0) is 22.9. The maximum Gasteiger partial charge on any atom is 0.246 e. The van der Waals surface area contributed by atoms with Crippen LogP contribution in [0.15, 0.2) is 30.3 Å². The van der Waals surface area contributed by atoms with E-state index < -0.39 is 29.1 Å². The maximum absolute atomic E-state index is 13.6. The van der Waals surface area contributed by atoms with Crippen molar-refractivity contribution in [3.8, 4) is 0 Å². The van der Waals surface area contributed by atoms with Gasteiger partial charge in [0.1, 0.15) is 11.6 Å². The second kappa shape index (κ2) is 8.83. The van der Waals surface area contributed by atoms with Crippen molar-refractivity contribution >= 4 is 17.7 Å². The van der Waals surface area contributed by atoms with Crippen LogP contribution < -0.4 is 10.6 Å². The van der Waals surface area contributed by atoms with Gasteiger partial charge in [0, 0.05) is 19.6 Å². The Hall–Kier alpha value is -2.45. The van der Waals surface area contributed by atoms with E-state index in [1.54, 1.807) is 0 Å². The molecule has 3 saturated heterocycles. The molecule has 5 atom stereocenters. The van der Waals surface area contributed by atoms with Gasteiger partial charge in [-0.15, -0.1) is 0 Å². The van der Waals surface area contributed by atoms with Crippen LogP contribution in [0.1, 0.15) is 45.1 Å². The van der Waals surface area contributed by atoms with E-state index in [0.717, 1.165) is 12.0 Å². The summed E-state index contributed by atoms with van der Waals surface area (Å²) in [7, 11) is 0. The molecular weight excluding hydrogens is 410 g/mol. The van der Waals surface area contributed by atoms with Gasteiger partial charge in [-0.2, -0.15) is 0 Å². The van der Waals surface area contributed by atoms with E-state index in [2.05, 4.69) is 10.6 Å². The lowest BCUT2D eigenvalue weighted by molar-refractivity contribution is -0.148. The fourth-order valence-electron chi connectivity index (χ4n) is 6.00. The van der Waals surface area contributed by atoms with Gasteiger partial charge in [-0.25, -0.2) is 0 Å². The van der Waals surface area contributed by atoms with Crippen molar-refractivity contribution in [2.24, 2.45) is 11.8 Å². The van der Waals surface area contributed by atoms with Crippen molar-refractivity contribution < 1.29 is 24.2 Å². The molecule has 3 heterocycles. The Morgan fingerprint density at radius 1 is 1.16 bits per heavy atom. The third-order valence-electron chi connectivity index (χ3n) is 7.41. The average molecular weight is 444 g/mol. The van der Waals surface area contributed by atoms with Crippen molar-refractivity contribution in [1.29, 1.82) is 0 Å². The SMILES string of the molecule is CCCNC(=O)[C@@H]1[C@H]2C(=O)N(CCO)C(C(=O)NCc3ccccc3)C23CC[C@@]1(CC)O3. The van der Waals surface area contributed by atoms with Crippen LogP contribution in [0.2, 0.25) is 0 Å². The number of nitrogens with zero attached hydrogens (tertiary/aromatic N) is 1. The zero-order valence-corrected chi connectivity index (χ0v) is 18.8. The first-order chi connectivity index (χ1) is 15.4. The summed E-state index contributed by atoms with van der Waals surface area (Å²) < 4.78 is 6.60. The van der Waals surface area contributed by atoms with Gasteiger partial charge < -0.3 is 25.4 Å². The number of aliphatic hydroxyl groups is 1. The molecule has 0 radical (unpaired) electrons. The monoisotopic (exact) mass is 443 g/mol. The summed E-state index contributed by atoms with van der Waals surface area (Å²) in [5.74, 6) is -2.10. The average Bonchev–Trinajstić information content (AvgIpc) is 3.41. The molecule has 1 spiro atoms. The number of hydrogen-bond donors (Lipinski definition) is 3. The highest BCUT2D eigenvalue weighted by atomic mass is 16.5. The van der Waals surface area contributed by atoms with E-state index in [9.17, 15) is 19.5 Å². The molecule has 8 nitrogen and oxygen atoms in total. The van der Waals surface area contributed by atoms with E-state index in [-0.39, 0.29) is 30.9 Å². The topological polar surface area (TPSA) is 108 Å². The number of nitrogens with one attached hydrogen (secondary N) is 2. The van der Waals surface area contributed by atoms with Gasteiger partial charge in [-0.1, -0.05) is 44.2 Å². The number of benzene rings is 1. The number of ether oxygens (including phenoxy) is 1. The zero-order valence-electron chi connectivity index (χ0n) is 18.8. The van der Waals surface area contributed by atoms with Crippen LogP contribution in [0.25, 0.3) is 0 Å². The van der Waals surface area contributed by atoms with Crippen LogP contribution in [0.5, 0.6) is 0 Å². The molecule has 0 aromatic heterocycles. The largest absolute Gasteiger partial charge is 0.395 e. The van der Waals surface area contributed by atoms with Crippen LogP contribution in [0.4, 0.5) is 0 Å². The number of likely N-dealkylation sites (tertiary alicyclic amines) is 1. The van der Waals surface area contributed by atoms with Crippen LogP contribution in [0, 0.1) is 11.8 Å². The van der Waals surface area contributed by atoms with Gasteiger partial charge in [0.25, 0.3) is 0 Å². The van der Waals surface area contributed by atoms with Gasteiger partial charge >= 0.3 is 0 Å². The Morgan fingerprint density at radius 2 is 1.91 bits per heavy atom. The van der Waals surface area contributed by atoms with Crippen LogP contribution in [-0.2, 0) is 25.7 Å². The molecule has 1 aromatic rings. The van der Waals surface area contributed by atoms with Gasteiger partial charge in [0.05, 0.1) is 24.0 Å². The van der Waals surface area contributed by atoms with E-state index in [1.165, 1.54) is 4.90 Å². The van der Waals surface area contributed by atoms with Gasteiger partial charge in [-0.3, -0.25) is 14.4 Å². The second-order valence-corrected chi connectivity index (χ2v) is 9.08. The van der Waals surface area contributed by atoms with Crippen LogP contribution >= 0.6 is 0 Å². The lowest BCUT2D eigenvalue weighted by atomic mass is 9.65. The van der Waals surface area contributed by atoms with E-state index in [0.29, 0.717) is 32.4 Å². The Kier molecular flexibility index (Phi) is 6.27. The van der Waals surface area contributed by atoms with Gasteiger partial charge in [0.2, 0.25) is 17.7 Å².